The van der Waals surface area contributed by atoms with E-state index in [-0.39, 0.29) is 10.7 Å². The van der Waals surface area contributed by atoms with Gasteiger partial charge in [-0.2, -0.15) is 4.31 Å². The van der Waals surface area contributed by atoms with Crippen molar-refractivity contribution in [3.63, 3.8) is 0 Å². The van der Waals surface area contributed by atoms with Gasteiger partial charge in [0.15, 0.2) is 0 Å². The molecule has 0 saturated carbocycles. The predicted octanol–water partition coefficient (Wildman–Crippen LogP) is 4.20. The third-order valence-electron chi connectivity index (χ3n) is 7.22. The molecule has 0 unspecified atom stereocenters. The monoisotopic (exact) mass is 490 g/mol. The lowest BCUT2D eigenvalue weighted by Gasteiger charge is -2.37. The van der Waals surface area contributed by atoms with Crippen molar-refractivity contribution in [1.29, 1.82) is 0 Å². The van der Waals surface area contributed by atoms with E-state index in [0.29, 0.717) is 36.4 Å². The molecular weight excluding hydrogens is 455 g/mol. The molecule has 2 aromatic carbocycles. The molecule has 0 aliphatic carbocycles. The van der Waals surface area contributed by atoms with Gasteiger partial charge in [-0.05, 0) is 86.9 Å². The first-order valence-electron chi connectivity index (χ1n) is 12.1. The van der Waals surface area contributed by atoms with Crippen molar-refractivity contribution < 1.29 is 22.3 Å². The number of hydrogen-bond acceptors (Lipinski definition) is 5. The van der Waals surface area contributed by atoms with Gasteiger partial charge in [0, 0.05) is 25.7 Å². The first kappa shape index (κ1) is 24.9. The zero-order valence-electron chi connectivity index (χ0n) is 20.1. The van der Waals surface area contributed by atoms with Crippen LogP contribution in [-0.4, -0.2) is 64.6 Å². The van der Waals surface area contributed by atoms with Gasteiger partial charge in [-0.3, -0.25) is 0 Å². The average Bonchev–Trinajstić information content (AvgIpc) is 2.86. The molecule has 0 atom stereocenters. The molecule has 0 N–H and O–H groups in total. The number of halogens is 1. The van der Waals surface area contributed by atoms with Gasteiger partial charge in [0.25, 0.3) is 0 Å². The van der Waals surface area contributed by atoms with Crippen LogP contribution in [-0.2, 0) is 16.4 Å². The van der Waals surface area contributed by atoms with Crippen LogP contribution < -0.4 is 9.47 Å². The zero-order valence-corrected chi connectivity index (χ0v) is 20.9. The maximum Gasteiger partial charge on any atom is 0.246 e. The zero-order chi connectivity index (χ0) is 24.1. The molecule has 2 fully saturated rings. The lowest BCUT2D eigenvalue weighted by atomic mass is 9.89. The van der Waals surface area contributed by atoms with Crippen molar-refractivity contribution >= 4 is 10.0 Å². The first-order chi connectivity index (χ1) is 16.4. The van der Waals surface area contributed by atoms with Crippen molar-refractivity contribution in [2.45, 2.75) is 37.0 Å². The van der Waals surface area contributed by atoms with E-state index in [2.05, 4.69) is 4.90 Å². The van der Waals surface area contributed by atoms with Crippen LogP contribution in [0.2, 0.25) is 0 Å². The number of nitrogens with zero attached hydrogens (tertiary/aromatic N) is 2. The Labute approximate surface area is 202 Å². The van der Waals surface area contributed by atoms with E-state index < -0.39 is 10.0 Å². The van der Waals surface area contributed by atoms with Gasteiger partial charge in [0.1, 0.15) is 22.2 Å². The Morgan fingerprint density at radius 2 is 1.53 bits per heavy atom. The Bertz CT molecular complexity index is 1040. The summed E-state index contributed by atoms with van der Waals surface area (Å²) in [6.45, 7) is 4.22. The van der Waals surface area contributed by atoms with Crippen LogP contribution in [0.4, 0.5) is 4.39 Å². The Hall–Kier alpha value is -2.16. The predicted molar refractivity (Wildman–Crippen MR) is 130 cm³/mol. The standard InChI is InChI=1S/C26H35FN2O4S/c1-32-24-7-8-25(33-2)26(18-24)34(30,31)29-15-11-22(12-16-29)19-28-13-9-21(10-14-28)17-20-3-5-23(27)6-4-20/h3-8,18,21-22H,9-17,19H2,1-2H3. The van der Waals surface area contributed by atoms with Gasteiger partial charge < -0.3 is 14.4 Å². The van der Waals surface area contributed by atoms with Crippen molar-refractivity contribution in [3.05, 3.63) is 53.8 Å². The number of rotatable bonds is 8. The molecule has 0 bridgehead atoms. The summed E-state index contributed by atoms with van der Waals surface area (Å²) in [5.74, 6) is 1.81. The Kier molecular flexibility index (Phi) is 8.11. The van der Waals surface area contributed by atoms with E-state index in [1.807, 2.05) is 12.1 Å². The number of methoxy groups -OCH3 is 2. The minimum Gasteiger partial charge on any atom is -0.497 e. The van der Waals surface area contributed by atoms with Crippen LogP contribution in [0.25, 0.3) is 0 Å². The molecule has 8 heteroatoms. The Morgan fingerprint density at radius 3 is 2.15 bits per heavy atom. The second kappa shape index (κ2) is 11.1. The van der Waals surface area contributed by atoms with Crippen molar-refractivity contribution in [2.75, 3.05) is 46.9 Å². The molecule has 186 valence electrons. The van der Waals surface area contributed by atoms with E-state index in [9.17, 15) is 12.8 Å². The summed E-state index contributed by atoms with van der Waals surface area (Å²) in [6, 6.07) is 11.7. The van der Waals surface area contributed by atoms with E-state index in [0.717, 1.165) is 51.7 Å². The molecule has 6 nitrogen and oxygen atoms in total. The second-order valence-corrected chi connectivity index (χ2v) is 11.3. The summed E-state index contributed by atoms with van der Waals surface area (Å²) >= 11 is 0. The molecule has 2 aromatic rings. The molecule has 2 heterocycles. The third kappa shape index (κ3) is 5.90. The van der Waals surface area contributed by atoms with E-state index in [1.54, 1.807) is 28.6 Å². The Balaban J connectivity index is 1.26. The SMILES string of the molecule is COc1ccc(OC)c(S(=O)(=O)N2CCC(CN3CCC(Cc4ccc(F)cc4)CC3)CC2)c1. The minimum absolute atomic E-state index is 0.163. The van der Waals surface area contributed by atoms with Gasteiger partial charge in [-0.25, -0.2) is 12.8 Å². The number of sulfonamides is 1. The number of likely N-dealkylation sites (tertiary alicyclic amines) is 1. The number of hydrogen-bond donors (Lipinski definition) is 0. The van der Waals surface area contributed by atoms with Gasteiger partial charge in [-0.1, -0.05) is 12.1 Å². The summed E-state index contributed by atoms with van der Waals surface area (Å²) in [4.78, 5) is 2.69. The summed E-state index contributed by atoms with van der Waals surface area (Å²) in [7, 11) is -0.637. The molecule has 0 spiro atoms. The third-order valence-corrected chi connectivity index (χ3v) is 9.14. The first-order valence-corrected chi connectivity index (χ1v) is 13.5. The van der Waals surface area contributed by atoms with Crippen LogP contribution in [0.3, 0.4) is 0 Å². The Morgan fingerprint density at radius 1 is 0.882 bits per heavy atom. The largest absolute Gasteiger partial charge is 0.497 e. The quantitative estimate of drug-likeness (QED) is 0.555. The number of ether oxygens (including phenoxy) is 2. The van der Waals surface area contributed by atoms with Crippen LogP contribution in [0.15, 0.2) is 47.4 Å². The van der Waals surface area contributed by atoms with E-state index >= 15 is 0 Å². The van der Waals surface area contributed by atoms with Gasteiger partial charge in [0.2, 0.25) is 10.0 Å². The van der Waals surface area contributed by atoms with Gasteiger partial charge in [0.05, 0.1) is 14.2 Å². The summed E-state index contributed by atoms with van der Waals surface area (Å²) in [6.07, 6.45) is 5.04. The molecule has 0 aromatic heterocycles. The molecule has 2 saturated heterocycles. The molecule has 34 heavy (non-hydrogen) atoms. The fourth-order valence-corrected chi connectivity index (χ4v) is 6.79. The minimum atomic E-state index is -3.64. The second-order valence-electron chi connectivity index (χ2n) is 9.44. The van der Waals surface area contributed by atoms with Crippen LogP contribution >= 0.6 is 0 Å². The van der Waals surface area contributed by atoms with Crippen molar-refractivity contribution in [1.82, 2.24) is 9.21 Å². The number of piperidine rings is 2. The molecule has 2 aliphatic rings. The summed E-state index contributed by atoms with van der Waals surface area (Å²) in [5.41, 5.74) is 1.21. The number of benzene rings is 2. The average molecular weight is 491 g/mol. The van der Waals surface area contributed by atoms with Crippen molar-refractivity contribution in [3.8, 4) is 11.5 Å². The highest BCUT2D eigenvalue weighted by Gasteiger charge is 2.33. The van der Waals surface area contributed by atoms with Gasteiger partial charge >= 0.3 is 0 Å². The van der Waals surface area contributed by atoms with E-state index in [1.165, 1.54) is 25.8 Å². The lowest BCUT2D eigenvalue weighted by molar-refractivity contribution is 0.137. The highest BCUT2D eigenvalue weighted by Crippen LogP contribution is 2.33. The fourth-order valence-electron chi connectivity index (χ4n) is 5.15. The van der Waals surface area contributed by atoms with Crippen LogP contribution in [0.5, 0.6) is 11.5 Å². The highest BCUT2D eigenvalue weighted by molar-refractivity contribution is 7.89. The van der Waals surface area contributed by atoms with Crippen LogP contribution in [0, 0.1) is 17.7 Å². The molecule has 4 rings (SSSR count). The smallest absolute Gasteiger partial charge is 0.246 e. The molecule has 2 aliphatic heterocycles. The molecule has 0 amide bonds. The highest BCUT2D eigenvalue weighted by atomic mass is 32.2. The summed E-state index contributed by atoms with van der Waals surface area (Å²) in [5, 5.41) is 0. The molecule has 0 radical (unpaired) electrons. The summed E-state index contributed by atoms with van der Waals surface area (Å²) < 4.78 is 51.8. The van der Waals surface area contributed by atoms with Gasteiger partial charge in [-0.15, -0.1) is 0 Å². The van der Waals surface area contributed by atoms with Crippen molar-refractivity contribution in [2.24, 2.45) is 11.8 Å². The lowest BCUT2D eigenvalue weighted by Crippen LogP contribution is -2.43. The van der Waals surface area contributed by atoms with Crippen LogP contribution in [0.1, 0.15) is 31.2 Å². The topological polar surface area (TPSA) is 59.1 Å². The fraction of sp³-hybridized carbons (Fsp3) is 0.538. The van der Waals surface area contributed by atoms with E-state index in [4.69, 9.17) is 9.47 Å². The maximum absolute atomic E-state index is 13.3. The molecular formula is C26H35FN2O4S. The normalized spacial score (nSPS) is 19.3. The maximum atomic E-state index is 13.3.